The van der Waals surface area contributed by atoms with Gasteiger partial charge in [-0.3, -0.25) is 4.90 Å². The Balaban J connectivity index is 3.90. The minimum Gasteiger partial charge on any atom is -0.367 e. The lowest BCUT2D eigenvalue weighted by molar-refractivity contribution is -0.0467. The molecule has 0 saturated carbocycles. The summed E-state index contributed by atoms with van der Waals surface area (Å²) in [7, 11) is 3.60. The number of halogens is 2. The molecule has 3 nitrogen and oxygen atoms in total. The van der Waals surface area contributed by atoms with Gasteiger partial charge < -0.3 is 9.64 Å². The Morgan fingerprint density at radius 3 is 2.29 bits per heavy atom. The summed E-state index contributed by atoms with van der Waals surface area (Å²) in [5, 5.41) is 0. The molecule has 0 bridgehead atoms. The summed E-state index contributed by atoms with van der Waals surface area (Å²) in [5.41, 5.74) is 0. The Morgan fingerprint density at radius 2 is 1.82 bits per heavy atom. The molecule has 1 atom stereocenters. The maximum atomic E-state index is 12.4. The van der Waals surface area contributed by atoms with Gasteiger partial charge in [-0.1, -0.05) is 6.92 Å². The molecule has 0 radical (unpaired) electrons. The van der Waals surface area contributed by atoms with E-state index in [-0.39, 0.29) is 12.8 Å². The third kappa shape index (κ3) is 8.46. The molecule has 0 aliphatic heterocycles. The lowest BCUT2D eigenvalue weighted by Gasteiger charge is -2.28. The van der Waals surface area contributed by atoms with Crippen LogP contribution >= 0.6 is 0 Å². The van der Waals surface area contributed by atoms with Crippen LogP contribution < -0.4 is 0 Å². The van der Waals surface area contributed by atoms with E-state index in [2.05, 4.69) is 18.9 Å². The second-order valence-electron chi connectivity index (χ2n) is 4.38. The molecule has 0 aromatic heterocycles. The fourth-order valence-electron chi connectivity index (χ4n) is 1.79. The van der Waals surface area contributed by atoms with Crippen molar-refractivity contribution in [3.05, 3.63) is 0 Å². The quantitative estimate of drug-likeness (QED) is 0.555. The third-order valence-electron chi connectivity index (χ3n) is 2.82. The van der Waals surface area contributed by atoms with Crippen molar-refractivity contribution in [1.29, 1.82) is 0 Å². The first kappa shape index (κ1) is 16.7. The Labute approximate surface area is 104 Å². The molecule has 0 amide bonds. The lowest BCUT2D eigenvalue weighted by Crippen LogP contribution is -2.39. The van der Waals surface area contributed by atoms with Gasteiger partial charge in [-0.25, -0.2) is 8.78 Å². The van der Waals surface area contributed by atoms with Crippen LogP contribution in [0.2, 0.25) is 0 Å². The molecule has 0 aromatic carbocycles. The van der Waals surface area contributed by atoms with Crippen molar-refractivity contribution >= 4 is 0 Å². The summed E-state index contributed by atoms with van der Waals surface area (Å²) < 4.78 is 29.9. The first-order valence-corrected chi connectivity index (χ1v) is 6.24. The number of ether oxygens (including phenoxy) is 1. The monoisotopic (exact) mass is 252 g/mol. The normalized spacial score (nSPS) is 13.9. The van der Waals surface area contributed by atoms with Crippen LogP contribution in [0.25, 0.3) is 0 Å². The van der Waals surface area contributed by atoms with Crippen molar-refractivity contribution in [2.45, 2.75) is 39.3 Å². The Bertz CT molecular complexity index is 182. The molecule has 0 saturated heterocycles. The summed E-state index contributed by atoms with van der Waals surface area (Å²) >= 11 is 0. The molecule has 0 rings (SSSR count). The maximum absolute atomic E-state index is 12.4. The highest BCUT2D eigenvalue weighted by Crippen LogP contribution is 2.06. The van der Waals surface area contributed by atoms with Gasteiger partial charge in [0, 0.05) is 13.7 Å². The average molecular weight is 252 g/mol. The van der Waals surface area contributed by atoms with Gasteiger partial charge in [0.25, 0.3) is 6.43 Å². The van der Waals surface area contributed by atoms with E-state index < -0.39 is 6.43 Å². The molecule has 0 aliphatic rings. The zero-order valence-corrected chi connectivity index (χ0v) is 11.5. The number of alkyl halides is 2. The largest absolute Gasteiger partial charge is 0.367 e. The number of hydrogen-bond acceptors (Lipinski definition) is 3. The van der Waals surface area contributed by atoms with E-state index in [0.717, 1.165) is 25.9 Å². The van der Waals surface area contributed by atoms with Crippen molar-refractivity contribution in [2.75, 3.05) is 40.3 Å². The van der Waals surface area contributed by atoms with Crippen LogP contribution in [-0.4, -0.2) is 62.8 Å². The minimum absolute atomic E-state index is 0.216. The predicted octanol–water partition coefficient (Wildman–Crippen LogP) is 2.28. The molecular weight excluding hydrogens is 226 g/mol. The fraction of sp³-hybridized carbons (Fsp3) is 1.00. The van der Waals surface area contributed by atoms with Gasteiger partial charge in [0.1, 0.15) is 6.23 Å². The molecule has 5 heteroatoms. The van der Waals surface area contributed by atoms with Gasteiger partial charge in [-0.15, -0.1) is 0 Å². The number of rotatable bonds is 10. The molecule has 0 heterocycles. The molecule has 0 aliphatic carbocycles. The van der Waals surface area contributed by atoms with E-state index in [1.807, 2.05) is 0 Å². The van der Waals surface area contributed by atoms with E-state index in [1.165, 1.54) is 0 Å². The smallest absolute Gasteiger partial charge is 0.251 e. The first-order chi connectivity index (χ1) is 8.01. The number of nitrogens with zero attached hydrogens (tertiary/aromatic N) is 2. The van der Waals surface area contributed by atoms with Gasteiger partial charge in [-0.05, 0) is 39.9 Å². The zero-order valence-electron chi connectivity index (χ0n) is 11.5. The predicted molar refractivity (Wildman–Crippen MR) is 66.5 cm³/mol. The maximum Gasteiger partial charge on any atom is 0.251 e. The van der Waals surface area contributed by atoms with Crippen LogP contribution in [0.5, 0.6) is 0 Å². The standard InChI is InChI=1S/C12H26F2N2O/c1-5-7-15(3)8-6-9-16(10-12(13)14)11(2)17-4/h11-12H,5-10H2,1-4H3. The van der Waals surface area contributed by atoms with Crippen LogP contribution in [-0.2, 0) is 4.74 Å². The number of methoxy groups -OCH3 is 1. The zero-order chi connectivity index (χ0) is 13.3. The van der Waals surface area contributed by atoms with Gasteiger partial charge >= 0.3 is 0 Å². The fourth-order valence-corrected chi connectivity index (χ4v) is 1.79. The van der Waals surface area contributed by atoms with Crippen LogP contribution in [0, 0.1) is 0 Å². The Kier molecular flexibility index (Phi) is 9.59. The van der Waals surface area contributed by atoms with Crippen molar-refractivity contribution in [1.82, 2.24) is 9.80 Å². The van der Waals surface area contributed by atoms with E-state index in [0.29, 0.717) is 6.54 Å². The van der Waals surface area contributed by atoms with Gasteiger partial charge in [0.15, 0.2) is 0 Å². The minimum atomic E-state index is -2.30. The van der Waals surface area contributed by atoms with Crippen molar-refractivity contribution in [3.8, 4) is 0 Å². The second kappa shape index (κ2) is 9.74. The second-order valence-corrected chi connectivity index (χ2v) is 4.38. The molecule has 104 valence electrons. The van der Waals surface area contributed by atoms with Crippen molar-refractivity contribution in [3.63, 3.8) is 0 Å². The van der Waals surface area contributed by atoms with Gasteiger partial charge in [0.2, 0.25) is 0 Å². The van der Waals surface area contributed by atoms with Crippen LogP contribution in [0.3, 0.4) is 0 Å². The molecule has 0 fully saturated rings. The highest BCUT2D eigenvalue weighted by Gasteiger charge is 2.17. The SMILES string of the molecule is CCCN(C)CCCN(CC(F)F)C(C)OC. The molecule has 0 aromatic rings. The van der Waals surface area contributed by atoms with Crippen molar-refractivity contribution < 1.29 is 13.5 Å². The van der Waals surface area contributed by atoms with Crippen LogP contribution in [0.1, 0.15) is 26.7 Å². The summed E-state index contributed by atoms with van der Waals surface area (Å²) in [6.07, 6.45) is -0.552. The third-order valence-corrected chi connectivity index (χ3v) is 2.82. The average Bonchev–Trinajstić information content (AvgIpc) is 2.26. The Morgan fingerprint density at radius 1 is 1.18 bits per heavy atom. The summed E-state index contributed by atoms with van der Waals surface area (Å²) in [6, 6.07) is 0. The van der Waals surface area contributed by atoms with E-state index in [9.17, 15) is 8.78 Å². The van der Waals surface area contributed by atoms with Gasteiger partial charge in [-0.2, -0.15) is 0 Å². The van der Waals surface area contributed by atoms with E-state index in [1.54, 1.807) is 18.9 Å². The highest BCUT2D eigenvalue weighted by molar-refractivity contribution is 4.62. The topological polar surface area (TPSA) is 15.7 Å². The molecular formula is C12H26F2N2O. The number of hydrogen-bond donors (Lipinski definition) is 0. The highest BCUT2D eigenvalue weighted by atomic mass is 19.3. The molecule has 17 heavy (non-hydrogen) atoms. The van der Waals surface area contributed by atoms with Crippen LogP contribution in [0.4, 0.5) is 8.78 Å². The lowest BCUT2D eigenvalue weighted by atomic mass is 10.3. The Hall–Kier alpha value is -0.260. The van der Waals surface area contributed by atoms with E-state index >= 15 is 0 Å². The van der Waals surface area contributed by atoms with Crippen molar-refractivity contribution in [2.24, 2.45) is 0 Å². The summed E-state index contributed by atoms with van der Waals surface area (Å²) in [5.74, 6) is 0. The molecule has 0 spiro atoms. The first-order valence-electron chi connectivity index (χ1n) is 6.24. The van der Waals surface area contributed by atoms with Crippen LogP contribution in [0.15, 0.2) is 0 Å². The molecule has 0 N–H and O–H groups in total. The van der Waals surface area contributed by atoms with E-state index in [4.69, 9.17) is 4.74 Å². The summed E-state index contributed by atoms with van der Waals surface area (Å²) in [6.45, 7) is 6.35. The summed E-state index contributed by atoms with van der Waals surface area (Å²) in [4.78, 5) is 3.91. The molecule has 1 unspecified atom stereocenters. The van der Waals surface area contributed by atoms with Gasteiger partial charge in [0.05, 0.1) is 6.54 Å².